The molecule has 0 fully saturated rings. The minimum atomic E-state index is -1.61. The van der Waals surface area contributed by atoms with Crippen molar-refractivity contribution in [3.05, 3.63) is 66.2 Å². The Morgan fingerprint density at radius 1 is 1.05 bits per heavy atom. The van der Waals surface area contributed by atoms with E-state index in [1.54, 1.807) is 12.1 Å². The third-order valence-corrected chi connectivity index (χ3v) is 3.77. The number of carbonyl (C=O) groups is 1. The summed E-state index contributed by atoms with van der Waals surface area (Å²) in [5.41, 5.74) is 0.925. The van der Waals surface area contributed by atoms with E-state index < -0.39 is 14.5 Å². The molecule has 1 amide bonds. The number of para-hydroxylation sites is 1. The number of amides is 1. The second-order valence-electron chi connectivity index (χ2n) is 4.47. The maximum absolute atomic E-state index is 11.5. The van der Waals surface area contributed by atoms with Crippen molar-refractivity contribution in [2.75, 3.05) is 12.7 Å². The van der Waals surface area contributed by atoms with Crippen LogP contribution in [-0.2, 0) is 11.3 Å². The third-order valence-electron chi connectivity index (χ3n) is 2.74. The molecule has 1 atom stereocenters. The van der Waals surface area contributed by atoms with E-state index >= 15 is 0 Å². The van der Waals surface area contributed by atoms with Crippen molar-refractivity contribution >= 4 is 14.5 Å². The highest BCUT2D eigenvalue weighted by molar-refractivity contribution is 7.46. The van der Waals surface area contributed by atoms with Gasteiger partial charge < -0.3 is 19.5 Å². The summed E-state index contributed by atoms with van der Waals surface area (Å²) in [4.78, 5) is 21.3. The van der Waals surface area contributed by atoms with Crippen LogP contribution in [0, 0.1) is 0 Å². The van der Waals surface area contributed by atoms with E-state index in [9.17, 15) is 9.69 Å². The van der Waals surface area contributed by atoms with Crippen LogP contribution in [0.1, 0.15) is 5.56 Å². The van der Waals surface area contributed by atoms with Crippen LogP contribution in [-0.4, -0.2) is 23.7 Å². The van der Waals surface area contributed by atoms with Crippen LogP contribution < -0.4 is 9.84 Å². The molecule has 5 nitrogen and oxygen atoms in total. The Bertz CT molecular complexity index is 565. The lowest BCUT2D eigenvalue weighted by molar-refractivity contribution is 0.140. The van der Waals surface area contributed by atoms with E-state index in [1.807, 2.05) is 48.5 Å². The number of nitrogens with one attached hydrogen (secondary N) is 1. The van der Waals surface area contributed by atoms with E-state index in [0.717, 1.165) is 5.56 Å². The number of hydrogen-bond acceptors (Lipinski definition) is 4. The summed E-state index contributed by atoms with van der Waals surface area (Å²) in [6.45, 7) is 0.518. The summed E-state index contributed by atoms with van der Waals surface area (Å²) >= 11 is 0. The average Bonchev–Trinajstić information content (AvgIpc) is 2.55. The van der Waals surface area contributed by atoms with Crippen molar-refractivity contribution in [1.29, 1.82) is 0 Å². The maximum atomic E-state index is 11.5. The van der Waals surface area contributed by atoms with Gasteiger partial charge in [0.1, 0.15) is 12.4 Å². The molecular weight excluding hydrogens is 301 g/mol. The van der Waals surface area contributed by atoms with Gasteiger partial charge in [0.25, 0.3) is 0 Å². The Balaban J connectivity index is 1.60. The van der Waals surface area contributed by atoms with E-state index in [4.69, 9.17) is 9.26 Å². The predicted octanol–water partition coefficient (Wildman–Crippen LogP) is 3.30. The van der Waals surface area contributed by atoms with Crippen LogP contribution in [0.5, 0.6) is 5.75 Å². The largest absolute Gasteiger partial charge is 0.447 e. The number of rotatable bonds is 7. The van der Waals surface area contributed by atoms with Crippen molar-refractivity contribution in [2.24, 2.45) is 0 Å². The zero-order chi connectivity index (χ0) is 15.6. The average molecular weight is 319 g/mol. The van der Waals surface area contributed by atoms with Crippen molar-refractivity contribution in [3.63, 3.8) is 0 Å². The molecule has 2 aromatic rings. The van der Waals surface area contributed by atoms with Crippen molar-refractivity contribution in [2.45, 2.75) is 6.61 Å². The van der Waals surface area contributed by atoms with Gasteiger partial charge in [-0.25, -0.2) is 4.79 Å². The Labute approximate surface area is 130 Å². The Hall–Kier alpha value is -2.10. The molecule has 0 aliphatic rings. The van der Waals surface area contributed by atoms with Gasteiger partial charge in [0.2, 0.25) is 8.38 Å². The monoisotopic (exact) mass is 319 g/mol. The van der Waals surface area contributed by atoms with E-state index in [0.29, 0.717) is 18.5 Å². The first-order valence-electron chi connectivity index (χ1n) is 6.88. The lowest BCUT2D eigenvalue weighted by atomic mass is 10.2. The third kappa shape index (κ3) is 6.12. The Morgan fingerprint density at radius 2 is 1.68 bits per heavy atom. The van der Waals surface area contributed by atoms with Crippen molar-refractivity contribution < 1.29 is 18.9 Å². The second-order valence-corrected chi connectivity index (χ2v) is 5.80. The van der Waals surface area contributed by atoms with Crippen molar-refractivity contribution in [1.82, 2.24) is 5.32 Å². The quantitative estimate of drug-likeness (QED) is 0.769. The first-order chi connectivity index (χ1) is 10.7. The topological polar surface area (TPSA) is 67.8 Å². The normalized spacial score (nSPS) is 11.5. The fourth-order valence-electron chi connectivity index (χ4n) is 1.68. The van der Waals surface area contributed by atoms with Gasteiger partial charge in [-0.1, -0.05) is 48.5 Å². The predicted molar refractivity (Wildman–Crippen MR) is 85.7 cm³/mol. The summed E-state index contributed by atoms with van der Waals surface area (Å²) in [6.07, 6.45) is -0.169. The molecule has 2 N–H and O–H groups in total. The van der Waals surface area contributed by atoms with Crippen molar-refractivity contribution in [3.8, 4) is 5.75 Å². The van der Waals surface area contributed by atoms with Crippen LogP contribution in [0.4, 0.5) is 4.79 Å². The smallest absolute Gasteiger partial charge is 0.407 e. The van der Waals surface area contributed by atoms with Gasteiger partial charge in [0, 0.05) is 12.7 Å². The lowest BCUT2D eigenvalue weighted by Crippen LogP contribution is -2.27. The standard InChI is InChI=1S/C16H18NO4P/c18-16(20-13-14-7-3-1-4-8-14)17-11-12-22(19)21-15-9-5-2-6-10-15/h1-10,19H,11-13H2,(H,17,18). The summed E-state index contributed by atoms with van der Waals surface area (Å²) in [5.74, 6) is 0.614. The number of hydrogen-bond donors (Lipinski definition) is 2. The molecule has 0 aliphatic heterocycles. The van der Waals surface area contributed by atoms with E-state index in [2.05, 4.69) is 5.32 Å². The van der Waals surface area contributed by atoms with Crippen LogP contribution in [0.3, 0.4) is 0 Å². The van der Waals surface area contributed by atoms with Crippen LogP contribution in [0.15, 0.2) is 60.7 Å². The molecule has 0 saturated carbocycles. The molecule has 22 heavy (non-hydrogen) atoms. The zero-order valence-corrected chi connectivity index (χ0v) is 12.9. The van der Waals surface area contributed by atoms with E-state index in [-0.39, 0.29) is 6.61 Å². The number of carbonyl (C=O) groups excluding carboxylic acids is 1. The molecule has 2 aromatic carbocycles. The summed E-state index contributed by atoms with van der Waals surface area (Å²) in [5, 5.41) is 2.58. The molecule has 0 aliphatic carbocycles. The molecule has 0 heterocycles. The number of benzene rings is 2. The summed E-state index contributed by atoms with van der Waals surface area (Å²) in [7, 11) is -1.61. The highest BCUT2D eigenvalue weighted by Crippen LogP contribution is 2.32. The van der Waals surface area contributed by atoms with Gasteiger partial charge >= 0.3 is 6.09 Å². The van der Waals surface area contributed by atoms with Gasteiger partial charge in [-0.2, -0.15) is 0 Å². The van der Waals surface area contributed by atoms with Gasteiger partial charge in [-0.05, 0) is 17.7 Å². The van der Waals surface area contributed by atoms with Crippen LogP contribution in [0.25, 0.3) is 0 Å². The van der Waals surface area contributed by atoms with Crippen LogP contribution >= 0.6 is 8.38 Å². The fraction of sp³-hybridized carbons (Fsp3) is 0.188. The minimum absolute atomic E-state index is 0.223. The molecule has 6 heteroatoms. The zero-order valence-electron chi connectivity index (χ0n) is 12.0. The molecule has 116 valence electrons. The fourth-order valence-corrected chi connectivity index (χ4v) is 2.44. The molecule has 0 spiro atoms. The molecule has 1 unspecified atom stereocenters. The highest BCUT2D eigenvalue weighted by atomic mass is 31.2. The maximum Gasteiger partial charge on any atom is 0.407 e. The first-order valence-corrected chi connectivity index (χ1v) is 8.28. The lowest BCUT2D eigenvalue weighted by Gasteiger charge is -2.12. The first kappa shape index (κ1) is 16.3. The van der Waals surface area contributed by atoms with Gasteiger partial charge in [0.15, 0.2) is 0 Å². The minimum Gasteiger partial charge on any atom is -0.447 e. The SMILES string of the molecule is O=C(NCCP(O)Oc1ccccc1)OCc1ccccc1. The second kappa shape index (κ2) is 9.03. The molecule has 0 saturated heterocycles. The molecule has 0 aromatic heterocycles. The highest BCUT2D eigenvalue weighted by Gasteiger charge is 2.09. The van der Waals surface area contributed by atoms with Crippen LogP contribution in [0.2, 0.25) is 0 Å². The molecule has 0 bridgehead atoms. The summed E-state index contributed by atoms with van der Waals surface area (Å²) < 4.78 is 10.4. The Morgan fingerprint density at radius 3 is 2.36 bits per heavy atom. The number of alkyl carbamates (subject to hydrolysis) is 1. The molecular formula is C16H18NO4P. The van der Waals surface area contributed by atoms with Gasteiger partial charge in [-0.15, -0.1) is 0 Å². The number of ether oxygens (including phenoxy) is 1. The van der Waals surface area contributed by atoms with E-state index in [1.165, 1.54) is 0 Å². The van der Waals surface area contributed by atoms with Gasteiger partial charge in [-0.3, -0.25) is 0 Å². The Kier molecular flexibility index (Phi) is 6.68. The molecule has 0 radical (unpaired) electrons. The molecule has 2 rings (SSSR count). The van der Waals surface area contributed by atoms with Gasteiger partial charge in [0.05, 0.1) is 0 Å². The summed E-state index contributed by atoms with van der Waals surface area (Å²) in [6, 6.07) is 18.5.